The summed E-state index contributed by atoms with van der Waals surface area (Å²) < 4.78 is 0. The highest BCUT2D eigenvalue weighted by atomic mass is 16.2. The predicted octanol–water partition coefficient (Wildman–Crippen LogP) is 3.79. The van der Waals surface area contributed by atoms with E-state index in [0.717, 1.165) is 56.3 Å². The second-order valence-corrected chi connectivity index (χ2v) is 9.29. The van der Waals surface area contributed by atoms with E-state index in [-0.39, 0.29) is 11.8 Å². The van der Waals surface area contributed by atoms with Crippen molar-refractivity contribution < 1.29 is 9.59 Å². The van der Waals surface area contributed by atoms with E-state index in [9.17, 15) is 9.59 Å². The molecule has 2 N–H and O–H groups in total. The van der Waals surface area contributed by atoms with Crippen molar-refractivity contribution in [3.05, 3.63) is 36.0 Å². The number of likely N-dealkylation sites (tertiary alicyclic amines) is 2. The summed E-state index contributed by atoms with van der Waals surface area (Å²) in [6, 6.07) is 10.6. The first-order valence-electron chi connectivity index (χ1n) is 12.0. The Morgan fingerprint density at radius 2 is 1.90 bits per heavy atom. The van der Waals surface area contributed by atoms with Crippen molar-refractivity contribution in [3.63, 3.8) is 0 Å². The van der Waals surface area contributed by atoms with E-state index in [1.165, 1.54) is 25.8 Å². The van der Waals surface area contributed by atoms with Crippen LogP contribution in [0.3, 0.4) is 0 Å². The fourth-order valence-corrected chi connectivity index (χ4v) is 5.03. The topological polar surface area (TPSA) is 68.4 Å². The number of carbonyl (C=O) groups excluding carboxylic acids is 2. The van der Waals surface area contributed by atoms with Crippen LogP contribution < -0.4 is 5.32 Å². The van der Waals surface area contributed by atoms with Crippen molar-refractivity contribution in [3.8, 4) is 0 Å². The lowest BCUT2D eigenvalue weighted by atomic mass is 9.93. The molecule has 2 amide bonds. The van der Waals surface area contributed by atoms with E-state index in [2.05, 4.69) is 22.1 Å². The van der Waals surface area contributed by atoms with Crippen LogP contribution >= 0.6 is 0 Å². The molecule has 0 aliphatic carbocycles. The van der Waals surface area contributed by atoms with Gasteiger partial charge in [-0.1, -0.05) is 24.6 Å². The monoisotopic (exact) mass is 424 g/mol. The molecule has 3 heterocycles. The molecular weight excluding hydrogens is 388 g/mol. The Kier molecular flexibility index (Phi) is 7.28. The molecule has 2 aromatic rings. The molecule has 168 valence electrons. The number of fused-ring (bicyclic) bond motifs is 1. The standard InChI is InChI=1S/C25H36N4O2/c1-19-7-4-5-13-28(19)14-6-12-26-24(30)17-20-10-15-29(16-11-20)25(31)23-18-21-8-2-3-9-22(21)27-23/h2-3,8-9,18-20,27H,4-7,10-17H2,1H3,(H,26,30). The molecule has 1 atom stereocenters. The zero-order chi connectivity index (χ0) is 21.6. The SMILES string of the molecule is CC1CCCCN1CCCNC(=O)CC1CCN(C(=O)c2cc3ccccc3[nH]2)CC1. The van der Waals surface area contributed by atoms with E-state index in [1.54, 1.807) is 0 Å². The third-order valence-electron chi connectivity index (χ3n) is 7.02. The molecule has 4 rings (SSSR count). The van der Waals surface area contributed by atoms with E-state index in [4.69, 9.17) is 0 Å². The third kappa shape index (κ3) is 5.67. The van der Waals surface area contributed by atoms with Crippen molar-refractivity contribution in [2.24, 2.45) is 5.92 Å². The fraction of sp³-hybridized carbons (Fsp3) is 0.600. The van der Waals surface area contributed by atoms with E-state index in [0.29, 0.717) is 24.1 Å². The number of nitrogens with one attached hydrogen (secondary N) is 2. The number of hydrogen-bond acceptors (Lipinski definition) is 3. The molecule has 2 aliphatic rings. The minimum absolute atomic E-state index is 0.0612. The summed E-state index contributed by atoms with van der Waals surface area (Å²) in [5, 5.41) is 4.17. The number of amides is 2. The average molecular weight is 425 g/mol. The van der Waals surface area contributed by atoms with Crippen LogP contribution in [0.4, 0.5) is 0 Å². The number of para-hydroxylation sites is 1. The Bertz CT molecular complexity index is 852. The van der Waals surface area contributed by atoms with Gasteiger partial charge in [-0.2, -0.15) is 0 Å². The molecule has 2 saturated heterocycles. The maximum absolute atomic E-state index is 12.8. The summed E-state index contributed by atoms with van der Waals surface area (Å²) in [6.45, 7) is 6.80. The summed E-state index contributed by atoms with van der Waals surface area (Å²) in [5.41, 5.74) is 1.65. The number of hydrogen-bond donors (Lipinski definition) is 2. The van der Waals surface area contributed by atoms with Crippen molar-refractivity contribution >= 4 is 22.7 Å². The van der Waals surface area contributed by atoms with Gasteiger partial charge < -0.3 is 20.1 Å². The maximum atomic E-state index is 12.8. The molecule has 31 heavy (non-hydrogen) atoms. The number of nitrogens with zero attached hydrogens (tertiary/aromatic N) is 2. The lowest BCUT2D eigenvalue weighted by Crippen LogP contribution is -2.40. The first-order valence-corrected chi connectivity index (χ1v) is 12.0. The summed E-state index contributed by atoms with van der Waals surface area (Å²) >= 11 is 0. The van der Waals surface area contributed by atoms with Gasteiger partial charge in [-0.05, 0) is 63.6 Å². The van der Waals surface area contributed by atoms with E-state index < -0.39 is 0 Å². The summed E-state index contributed by atoms with van der Waals surface area (Å²) in [6.07, 6.45) is 7.34. The van der Waals surface area contributed by atoms with Crippen LogP contribution in [0.15, 0.2) is 30.3 Å². The maximum Gasteiger partial charge on any atom is 0.270 e. The zero-order valence-corrected chi connectivity index (χ0v) is 18.7. The number of aromatic amines is 1. The van der Waals surface area contributed by atoms with Crippen molar-refractivity contribution in [2.75, 3.05) is 32.7 Å². The molecule has 6 heteroatoms. The first-order chi connectivity index (χ1) is 15.1. The Balaban J connectivity index is 1.15. The number of piperidine rings is 2. The summed E-state index contributed by atoms with van der Waals surface area (Å²) in [4.78, 5) is 32.9. The van der Waals surface area contributed by atoms with Gasteiger partial charge in [-0.15, -0.1) is 0 Å². The smallest absolute Gasteiger partial charge is 0.270 e. The van der Waals surface area contributed by atoms with Gasteiger partial charge in [0.2, 0.25) is 5.91 Å². The molecule has 0 radical (unpaired) electrons. The Morgan fingerprint density at radius 1 is 1.10 bits per heavy atom. The molecule has 1 aromatic carbocycles. The van der Waals surface area contributed by atoms with Gasteiger partial charge in [-0.3, -0.25) is 9.59 Å². The number of rotatable bonds is 7. The summed E-state index contributed by atoms with van der Waals surface area (Å²) in [5.74, 6) is 0.590. The molecular formula is C25H36N4O2. The van der Waals surface area contributed by atoms with Crippen LogP contribution in [0.25, 0.3) is 10.9 Å². The number of aromatic nitrogens is 1. The van der Waals surface area contributed by atoms with Crippen molar-refractivity contribution in [1.29, 1.82) is 0 Å². The summed E-state index contributed by atoms with van der Waals surface area (Å²) in [7, 11) is 0. The van der Waals surface area contributed by atoms with Crippen molar-refractivity contribution in [2.45, 2.75) is 57.9 Å². The Hall–Kier alpha value is -2.34. The van der Waals surface area contributed by atoms with Crippen LogP contribution in [-0.4, -0.2) is 65.4 Å². The zero-order valence-electron chi connectivity index (χ0n) is 18.7. The largest absolute Gasteiger partial charge is 0.356 e. The number of carbonyl (C=O) groups is 2. The molecule has 0 saturated carbocycles. The lowest BCUT2D eigenvalue weighted by molar-refractivity contribution is -0.122. The highest BCUT2D eigenvalue weighted by Gasteiger charge is 2.26. The van der Waals surface area contributed by atoms with Crippen LogP contribution in [0.2, 0.25) is 0 Å². The van der Waals surface area contributed by atoms with Gasteiger partial charge in [-0.25, -0.2) is 0 Å². The van der Waals surface area contributed by atoms with Crippen LogP contribution in [-0.2, 0) is 4.79 Å². The molecule has 2 aliphatic heterocycles. The molecule has 0 bridgehead atoms. The second kappa shape index (κ2) is 10.3. The number of H-pyrrole nitrogens is 1. The van der Waals surface area contributed by atoms with Gasteiger partial charge in [0.15, 0.2) is 0 Å². The normalized spacial score (nSPS) is 20.8. The molecule has 1 unspecified atom stereocenters. The predicted molar refractivity (Wildman–Crippen MR) is 124 cm³/mol. The number of benzene rings is 1. The fourth-order valence-electron chi connectivity index (χ4n) is 5.03. The van der Waals surface area contributed by atoms with Crippen molar-refractivity contribution in [1.82, 2.24) is 20.1 Å². The highest BCUT2D eigenvalue weighted by molar-refractivity contribution is 5.98. The van der Waals surface area contributed by atoms with Gasteiger partial charge in [0.25, 0.3) is 5.91 Å². The quantitative estimate of drug-likeness (QED) is 0.665. The van der Waals surface area contributed by atoms with Gasteiger partial charge in [0.1, 0.15) is 5.69 Å². The minimum atomic E-state index is 0.0612. The third-order valence-corrected chi connectivity index (χ3v) is 7.02. The van der Waals surface area contributed by atoms with Crippen LogP contribution in [0.1, 0.15) is 62.4 Å². The van der Waals surface area contributed by atoms with Crippen LogP contribution in [0.5, 0.6) is 0 Å². The molecule has 6 nitrogen and oxygen atoms in total. The Morgan fingerprint density at radius 3 is 2.68 bits per heavy atom. The Labute approximate surface area is 185 Å². The van der Waals surface area contributed by atoms with Gasteiger partial charge >= 0.3 is 0 Å². The minimum Gasteiger partial charge on any atom is -0.356 e. The molecule has 1 aromatic heterocycles. The van der Waals surface area contributed by atoms with E-state index >= 15 is 0 Å². The van der Waals surface area contributed by atoms with Gasteiger partial charge in [0.05, 0.1) is 0 Å². The molecule has 0 spiro atoms. The van der Waals surface area contributed by atoms with Gasteiger partial charge in [0, 0.05) is 49.5 Å². The first kappa shape index (κ1) is 21.9. The average Bonchev–Trinajstić information content (AvgIpc) is 3.22. The van der Waals surface area contributed by atoms with Crippen LogP contribution in [0, 0.1) is 5.92 Å². The second-order valence-electron chi connectivity index (χ2n) is 9.29. The lowest BCUT2D eigenvalue weighted by Gasteiger charge is -2.33. The van der Waals surface area contributed by atoms with E-state index in [1.807, 2.05) is 35.2 Å². The highest BCUT2D eigenvalue weighted by Crippen LogP contribution is 2.23. The molecule has 2 fully saturated rings.